The molecule has 1 atom stereocenters. The summed E-state index contributed by atoms with van der Waals surface area (Å²) in [5.41, 5.74) is 1.60. The molecule has 2 aromatic rings. The van der Waals surface area contributed by atoms with Crippen LogP contribution in [0.3, 0.4) is 0 Å². The SMILES string of the molecule is COc1ccc(N2C(=O)C[C@@H](N3CCN(c4ccccc4Cl)CC3)C2=O)cc1. The van der Waals surface area contributed by atoms with Crippen LogP contribution in [0.1, 0.15) is 6.42 Å². The summed E-state index contributed by atoms with van der Waals surface area (Å²) in [5, 5.41) is 0.730. The van der Waals surface area contributed by atoms with E-state index in [1.807, 2.05) is 24.3 Å². The van der Waals surface area contributed by atoms with Gasteiger partial charge in [0, 0.05) is 26.2 Å². The third-order valence-electron chi connectivity index (χ3n) is 5.40. The lowest BCUT2D eigenvalue weighted by Gasteiger charge is -2.38. The first-order valence-electron chi connectivity index (χ1n) is 9.33. The van der Waals surface area contributed by atoms with Gasteiger partial charge in [-0.2, -0.15) is 0 Å². The minimum Gasteiger partial charge on any atom is -0.497 e. The molecule has 2 aliphatic rings. The molecular weight excluding hydrogens is 378 g/mol. The zero-order valence-electron chi connectivity index (χ0n) is 15.7. The molecule has 6 nitrogen and oxygen atoms in total. The fraction of sp³-hybridized carbons (Fsp3) is 0.333. The van der Waals surface area contributed by atoms with Crippen LogP contribution in [0.4, 0.5) is 11.4 Å². The highest BCUT2D eigenvalue weighted by Crippen LogP contribution is 2.30. The maximum Gasteiger partial charge on any atom is 0.251 e. The maximum atomic E-state index is 13.0. The number of methoxy groups -OCH3 is 1. The third-order valence-corrected chi connectivity index (χ3v) is 5.72. The van der Waals surface area contributed by atoms with Crippen LogP contribution in [0.2, 0.25) is 5.02 Å². The van der Waals surface area contributed by atoms with Crippen molar-refractivity contribution in [1.29, 1.82) is 0 Å². The van der Waals surface area contributed by atoms with E-state index < -0.39 is 6.04 Å². The highest BCUT2D eigenvalue weighted by molar-refractivity contribution is 6.33. The number of nitrogens with zero attached hydrogens (tertiary/aromatic N) is 3. The molecule has 7 heteroatoms. The van der Waals surface area contributed by atoms with Crippen molar-refractivity contribution in [1.82, 2.24) is 4.90 Å². The first-order valence-corrected chi connectivity index (χ1v) is 9.70. The zero-order valence-corrected chi connectivity index (χ0v) is 16.4. The number of rotatable bonds is 4. The van der Waals surface area contributed by atoms with Gasteiger partial charge in [-0.15, -0.1) is 0 Å². The van der Waals surface area contributed by atoms with Crippen molar-refractivity contribution in [2.75, 3.05) is 43.1 Å². The number of hydrogen-bond donors (Lipinski definition) is 0. The van der Waals surface area contributed by atoms with Crippen LogP contribution in [0.15, 0.2) is 48.5 Å². The molecule has 146 valence electrons. The van der Waals surface area contributed by atoms with E-state index in [1.165, 1.54) is 4.90 Å². The molecule has 2 aliphatic heterocycles. The molecular formula is C21H22ClN3O3. The van der Waals surface area contributed by atoms with Gasteiger partial charge in [-0.25, -0.2) is 4.90 Å². The summed E-state index contributed by atoms with van der Waals surface area (Å²) in [7, 11) is 1.58. The van der Waals surface area contributed by atoms with Gasteiger partial charge in [-0.3, -0.25) is 14.5 Å². The Kier molecular flexibility index (Phi) is 5.24. The predicted molar refractivity (Wildman–Crippen MR) is 109 cm³/mol. The Morgan fingerprint density at radius 1 is 0.964 bits per heavy atom. The second-order valence-corrected chi connectivity index (χ2v) is 7.37. The van der Waals surface area contributed by atoms with Gasteiger partial charge in [-0.05, 0) is 36.4 Å². The third kappa shape index (κ3) is 3.45. The number of halogens is 1. The fourth-order valence-corrected chi connectivity index (χ4v) is 4.14. The number of benzene rings is 2. The number of piperazine rings is 1. The van der Waals surface area contributed by atoms with Crippen LogP contribution >= 0.6 is 11.6 Å². The average molecular weight is 400 g/mol. The molecule has 2 fully saturated rings. The summed E-state index contributed by atoms with van der Waals surface area (Å²) in [4.78, 5) is 31.1. The molecule has 2 amide bonds. The molecule has 2 saturated heterocycles. The number of hydrogen-bond acceptors (Lipinski definition) is 5. The van der Waals surface area contributed by atoms with E-state index in [2.05, 4.69) is 9.80 Å². The summed E-state index contributed by atoms with van der Waals surface area (Å²) < 4.78 is 5.15. The van der Waals surface area contributed by atoms with Crippen LogP contribution in [-0.2, 0) is 9.59 Å². The molecule has 4 rings (SSSR count). The van der Waals surface area contributed by atoms with E-state index in [0.717, 1.165) is 23.8 Å². The number of carbonyl (C=O) groups is 2. The second-order valence-electron chi connectivity index (χ2n) is 6.96. The molecule has 2 aromatic carbocycles. The van der Waals surface area contributed by atoms with E-state index in [0.29, 0.717) is 24.5 Å². The Balaban J connectivity index is 1.44. The van der Waals surface area contributed by atoms with E-state index in [-0.39, 0.29) is 18.2 Å². The average Bonchev–Trinajstić information content (AvgIpc) is 3.03. The van der Waals surface area contributed by atoms with Gasteiger partial charge < -0.3 is 9.64 Å². The van der Waals surface area contributed by atoms with Gasteiger partial charge in [0.15, 0.2) is 0 Å². The number of anilines is 2. The predicted octanol–water partition coefficient (Wildman–Crippen LogP) is 2.80. The minimum absolute atomic E-state index is 0.152. The molecule has 0 spiro atoms. The molecule has 28 heavy (non-hydrogen) atoms. The summed E-state index contributed by atoms with van der Waals surface area (Å²) in [6, 6.07) is 14.4. The molecule has 0 radical (unpaired) electrons. The number of para-hydroxylation sites is 1. The Morgan fingerprint density at radius 3 is 2.29 bits per heavy atom. The Labute approximate surface area is 169 Å². The van der Waals surface area contributed by atoms with E-state index in [1.54, 1.807) is 31.4 Å². The van der Waals surface area contributed by atoms with Gasteiger partial charge in [-0.1, -0.05) is 23.7 Å². The first kappa shape index (κ1) is 18.8. The van der Waals surface area contributed by atoms with Gasteiger partial charge in [0.25, 0.3) is 5.91 Å². The molecule has 0 N–H and O–H groups in total. The first-order chi connectivity index (χ1) is 13.6. The van der Waals surface area contributed by atoms with Gasteiger partial charge in [0.05, 0.1) is 36.0 Å². The molecule has 0 saturated carbocycles. The summed E-state index contributed by atoms with van der Waals surface area (Å²) in [5.74, 6) is 0.380. The lowest BCUT2D eigenvalue weighted by Crippen LogP contribution is -2.52. The van der Waals surface area contributed by atoms with Gasteiger partial charge in [0.1, 0.15) is 5.75 Å². The van der Waals surface area contributed by atoms with Crippen LogP contribution in [0.5, 0.6) is 5.75 Å². The minimum atomic E-state index is -0.400. The van der Waals surface area contributed by atoms with E-state index in [4.69, 9.17) is 16.3 Å². The number of amides is 2. The lowest BCUT2D eigenvalue weighted by molar-refractivity contribution is -0.123. The van der Waals surface area contributed by atoms with Crippen molar-refractivity contribution in [2.45, 2.75) is 12.5 Å². The number of ether oxygens (including phenoxy) is 1. The Hall–Kier alpha value is -2.57. The second kappa shape index (κ2) is 7.81. The van der Waals surface area contributed by atoms with Crippen LogP contribution in [-0.4, -0.2) is 56.0 Å². The highest BCUT2D eigenvalue weighted by Gasteiger charge is 2.43. The van der Waals surface area contributed by atoms with Crippen LogP contribution < -0.4 is 14.5 Å². The quantitative estimate of drug-likeness (QED) is 0.740. The monoisotopic (exact) mass is 399 g/mol. The standard InChI is InChI=1S/C21H22ClN3O3/c1-28-16-8-6-15(7-9-16)25-20(26)14-19(21(25)27)24-12-10-23(11-13-24)18-5-3-2-4-17(18)22/h2-9,19H,10-14H2,1H3/t19-/m1/s1. The molecule has 2 heterocycles. The van der Waals surface area contributed by atoms with Crippen molar-refractivity contribution in [3.8, 4) is 5.75 Å². The van der Waals surface area contributed by atoms with Crippen molar-refractivity contribution in [3.63, 3.8) is 0 Å². The zero-order chi connectivity index (χ0) is 19.7. The summed E-state index contributed by atoms with van der Waals surface area (Å²) in [6.07, 6.45) is 0.219. The molecule has 0 bridgehead atoms. The van der Waals surface area contributed by atoms with Crippen molar-refractivity contribution < 1.29 is 14.3 Å². The highest BCUT2D eigenvalue weighted by atomic mass is 35.5. The Bertz CT molecular complexity index is 879. The Morgan fingerprint density at radius 2 is 1.64 bits per heavy atom. The lowest BCUT2D eigenvalue weighted by atomic mass is 10.1. The van der Waals surface area contributed by atoms with E-state index in [9.17, 15) is 9.59 Å². The normalized spacial score (nSPS) is 20.7. The van der Waals surface area contributed by atoms with Gasteiger partial charge in [0.2, 0.25) is 5.91 Å². The van der Waals surface area contributed by atoms with Gasteiger partial charge >= 0.3 is 0 Å². The topological polar surface area (TPSA) is 53.1 Å². The maximum absolute atomic E-state index is 13.0. The van der Waals surface area contributed by atoms with Crippen molar-refractivity contribution in [3.05, 3.63) is 53.6 Å². The smallest absolute Gasteiger partial charge is 0.251 e. The molecule has 0 aliphatic carbocycles. The van der Waals surface area contributed by atoms with Crippen molar-refractivity contribution >= 4 is 34.8 Å². The number of imide groups is 1. The summed E-state index contributed by atoms with van der Waals surface area (Å²) >= 11 is 6.30. The number of carbonyl (C=O) groups excluding carboxylic acids is 2. The van der Waals surface area contributed by atoms with E-state index >= 15 is 0 Å². The molecule has 0 aromatic heterocycles. The fourth-order valence-electron chi connectivity index (χ4n) is 3.89. The van der Waals surface area contributed by atoms with Crippen LogP contribution in [0, 0.1) is 0 Å². The van der Waals surface area contributed by atoms with Crippen molar-refractivity contribution in [2.24, 2.45) is 0 Å². The molecule has 0 unspecified atom stereocenters. The summed E-state index contributed by atoms with van der Waals surface area (Å²) in [6.45, 7) is 2.96. The largest absolute Gasteiger partial charge is 0.497 e. The van der Waals surface area contributed by atoms with Crippen LogP contribution in [0.25, 0.3) is 0 Å².